The molecule has 0 amide bonds. The Hall–Kier alpha value is -3.35. The lowest BCUT2D eigenvalue weighted by molar-refractivity contribution is 0.608. The number of hydrogen-bond donors (Lipinski definition) is 0. The van der Waals surface area contributed by atoms with Crippen LogP contribution in [0.3, 0.4) is 0 Å². The van der Waals surface area contributed by atoms with Gasteiger partial charge in [-0.2, -0.15) is 0 Å². The third-order valence-electron chi connectivity index (χ3n) is 5.23. The maximum absolute atomic E-state index is 12.8. The topological polar surface area (TPSA) is 76.8 Å². The predicted octanol–water partition coefficient (Wildman–Crippen LogP) is 2.61. The zero-order valence-corrected chi connectivity index (χ0v) is 14.9. The fourth-order valence-corrected chi connectivity index (χ4v) is 3.93. The Balaban J connectivity index is 1.68. The quantitative estimate of drug-likeness (QED) is 0.548. The number of pyridine rings is 1. The van der Waals surface area contributed by atoms with Crippen molar-refractivity contribution in [1.29, 1.82) is 0 Å². The first-order valence-electron chi connectivity index (χ1n) is 9.02. The number of aromatic nitrogens is 5. The summed E-state index contributed by atoms with van der Waals surface area (Å²) in [4.78, 5) is 33.0. The monoisotopic (exact) mass is 358 g/mol. The molecule has 0 spiro atoms. The molecule has 1 aliphatic heterocycles. The van der Waals surface area contributed by atoms with Crippen molar-refractivity contribution in [3.05, 3.63) is 65.1 Å². The summed E-state index contributed by atoms with van der Waals surface area (Å²) in [5, 5.41) is 1.56. The van der Waals surface area contributed by atoms with E-state index in [9.17, 15) is 4.79 Å². The molecule has 1 fully saturated rings. The molecule has 4 aromatic rings. The van der Waals surface area contributed by atoms with E-state index in [1.54, 1.807) is 24.1 Å². The molecule has 134 valence electrons. The van der Waals surface area contributed by atoms with Gasteiger partial charge in [0.25, 0.3) is 5.56 Å². The molecule has 3 aromatic heterocycles. The van der Waals surface area contributed by atoms with E-state index in [0.717, 1.165) is 41.9 Å². The Bertz CT molecular complexity index is 1210. The molecule has 7 heteroatoms. The van der Waals surface area contributed by atoms with Gasteiger partial charge in [0.15, 0.2) is 5.65 Å². The molecule has 1 aromatic carbocycles. The molecule has 4 heterocycles. The zero-order valence-electron chi connectivity index (χ0n) is 14.9. The van der Waals surface area contributed by atoms with Crippen molar-refractivity contribution in [2.45, 2.75) is 18.9 Å². The Kier molecular flexibility index (Phi) is 3.60. The normalized spacial score (nSPS) is 17.1. The van der Waals surface area contributed by atoms with Gasteiger partial charge < -0.3 is 4.90 Å². The lowest BCUT2D eigenvalue weighted by Gasteiger charge is -2.27. The first-order valence-corrected chi connectivity index (χ1v) is 9.02. The highest BCUT2D eigenvalue weighted by Crippen LogP contribution is 2.36. The van der Waals surface area contributed by atoms with Crippen molar-refractivity contribution in [2.75, 3.05) is 11.4 Å². The summed E-state index contributed by atoms with van der Waals surface area (Å²) in [6, 6.07) is 11.4. The number of nitrogens with zero attached hydrogens (tertiary/aromatic N) is 6. The van der Waals surface area contributed by atoms with Crippen molar-refractivity contribution in [3.63, 3.8) is 0 Å². The Morgan fingerprint density at radius 1 is 1.04 bits per heavy atom. The van der Waals surface area contributed by atoms with Crippen LogP contribution < -0.4 is 10.5 Å². The molecular formula is C20H18N6O. The standard InChI is InChI=1S/C20H18N6O/c1-25-19(24-15-8-3-2-6-13(15)20(25)27)16-9-5-11-26(16)18-14-7-4-10-21-17(14)22-12-23-18/h2-4,6-8,10,12,16H,5,9,11H2,1H3. The molecule has 0 bridgehead atoms. The average molecular weight is 358 g/mol. The van der Waals surface area contributed by atoms with E-state index in [-0.39, 0.29) is 11.6 Å². The molecule has 0 aliphatic carbocycles. The summed E-state index contributed by atoms with van der Waals surface area (Å²) >= 11 is 0. The van der Waals surface area contributed by atoms with Crippen LogP contribution in [0.15, 0.2) is 53.7 Å². The molecule has 1 aliphatic rings. The molecule has 0 N–H and O–H groups in total. The van der Waals surface area contributed by atoms with Gasteiger partial charge >= 0.3 is 0 Å². The second kappa shape index (κ2) is 6.12. The molecule has 5 rings (SSSR count). The number of para-hydroxylation sites is 1. The van der Waals surface area contributed by atoms with Crippen LogP contribution >= 0.6 is 0 Å². The van der Waals surface area contributed by atoms with Crippen molar-refractivity contribution in [3.8, 4) is 0 Å². The molecule has 1 unspecified atom stereocenters. The largest absolute Gasteiger partial charge is 0.346 e. The van der Waals surface area contributed by atoms with E-state index in [0.29, 0.717) is 11.0 Å². The second-order valence-electron chi connectivity index (χ2n) is 6.77. The van der Waals surface area contributed by atoms with Crippen LogP contribution in [0.2, 0.25) is 0 Å². The highest BCUT2D eigenvalue weighted by atomic mass is 16.1. The van der Waals surface area contributed by atoms with Crippen LogP contribution in [0, 0.1) is 0 Å². The number of benzene rings is 1. The van der Waals surface area contributed by atoms with Crippen molar-refractivity contribution in [2.24, 2.45) is 7.05 Å². The van der Waals surface area contributed by atoms with Gasteiger partial charge in [-0.3, -0.25) is 9.36 Å². The minimum absolute atomic E-state index is 0.00869. The van der Waals surface area contributed by atoms with Crippen molar-refractivity contribution >= 4 is 27.8 Å². The molecule has 1 saturated heterocycles. The van der Waals surface area contributed by atoms with E-state index in [1.807, 2.05) is 36.4 Å². The third kappa shape index (κ3) is 2.46. The lowest BCUT2D eigenvalue weighted by atomic mass is 10.1. The molecule has 7 nitrogen and oxygen atoms in total. The zero-order chi connectivity index (χ0) is 18.4. The summed E-state index contributed by atoms with van der Waals surface area (Å²) in [6.07, 6.45) is 5.21. The summed E-state index contributed by atoms with van der Waals surface area (Å²) in [7, 11) is 1.80. The molecule has 0 radical (unpaired) electrons. The van der Waals surface area contributed by atoms with E-state index < -0.39 is 0 Å². The van der Waals surface area contributed by atoms with E-state index in [2.05, 4.69) is 19.9 Å². The van der Waals surface area contributed by atoms with E-state index in [4.69, 9.17) is 4.98 Å². The third-order valence-corrected chi connectivity index (χ3v) is 5.23. The van der Waals surface area contributed by atoms with Gasteiger partial charge in [-0.1, -0.05) is 12.1 Å². The van der Waals surface area contributed by atoms with Gasteiger partial charge in [-0.25, -0.2) is 19.9 Å². The highest BCUT2D eigenvalue weighted by Gasteiger charge is 2.31. The Labute approximate surface area is 155 Å². The first kappa shape index (κ1) is 15.9. The number of hydrogen-bond acceptors (Lipinski definition) is 6. The predicted molar refractivity (Wildman–Crippen MR) is 104 cm³/mol. The van der Waals surface area contributed by atoms with E-state index >= 15 is 0 Å². The average Bonchev–Trinajstić information content (AvgIpc) is 3.19. The number of rotatable bonds is 2. The Morgan fingerprint density at radius 3 is 2.81 bits per heavy atom. The lowest BCUT2D eigenvalue weighted by Crippen LogP contribution is -2.31. The van der Waals surface area contributed by atoms with Gasteiger partial charge in [0, 0.05) is 19.8 Å². The summed E-state index contributed by atoms with van der Waals surface area (Å²) in [6.45, 7) is 0.856. The van der Waals surface area contributed by atoms with Crippen LogP contribution in [-0.4, -0.2) is 31.0 Å². The second-order valence-corrected chi connectivity index (χ2v) is 6.77. The van der Waals surface area contributed by atoms with Gasteiger partial charge in [-0.05, 0) is 37.1 Å². The summed E-state index contributed by atoms with van der Waals surface area (Å²) < 4.78 is 1.67. The van der Waals surface area contributed by atoms with Gasteiger partial charge in [-0.15, -0.1) is 0 Å². The summed E-state index contributed by atoms with van der Waals surface area (Å²) in [5.74, 6) is 1.62. The fraction of sp³-hybridized carbons (Fsp3) is 0.250. The maximum Gasteiger partial charge on any atom is 0.261 e. The minimum atomic E-state index is -0.0170. The Morgan fingerprint density at radius 2 is 1.89 bits per heavy atom. The van der Waals surface area contributed by atoms with Crippen LogP contribution in [0.4, 0.5) is 5.82 Å². The van der Waals surface area contributed by atoms with Gasteiger partial charge in [0.2, 0.25) is 0 Å². The van der Waals surface area contributed by atoms with Crippen LogP contribution in [0.1, 0.15) is 24.7 Å². The van der Waals surface area contributed by atoms with E-state index in [1.165, 1.54) is 0 Å². The van der Waals surface area contributed by atoms with Crippen LogP contribution in [-0.2, 0) is 7.05 Å². The molecule has 27 heavy (non-hydrogen) atoms. The van der Waals surface area contributed by atoms with Crippen molar-refractivity contribution < 1.29 is 0 Å². The van der Waals surface area contributed by atoms with Gasteiger partial charge in [0.05, 0.1) is 22.3 Å². The minimum Gasteiger partial charge on any atom is -0.346 e. The SMILES string of the molecule is Cn1c(C2CCCN2c2ncnc3ncccc23)nc2ccccc2c1=O. The van der Waals surface area contributed by atoms with Crippen LogP contribution in [0.25, 0.3) is 21.9 Å². The summed E-state index contributed by atoms with van der Waals surface area (Å²) in [5.41, 5.74) is 1.39. The number of fused-ring (bicyclic) bond motifs is 2. The molecule has 0 saturated carbocycles. The van der Waals surface area contributed by atoms with Crippen molar-refractivity contribution in [1.82, 2.24) is 24.5 Å². The number of anilines is 1. The smallest absolute Gasteiger partial charge is 0.261 e. The van der Waals surface area contributed by atoms with Gasteiger partial charge in [0.1, 0.15) is 18.0 Å². The highest BCUT2D eigenvalue weighted by molar-refractivity contribution is 5.86. The molecular weight excluding hydrogens is 340 g/mol. The first-order chi connectivity index (χ1) is 13.2. The fourth-order valence-electron chi connectivity index (χ4n) is 3.93. The maximum atomic E-state index is 12.8. The van der Waals surface area contributed by atoms with Crippen LogP contribution in [0.5, 0.6) is 0 Å². The molecule has 1 atom stereocenters.